The highest BCUT2D eigenvalue weighted by Gasteiger charge is 2.18. The topological polar surface area (TPSA) is 24.9 Å². The molecule has 0 bridgehead atoms. The summed E-state index contributed by atoms with van der Waals surface area (Å²) in [6, 6.07) is 4.57. The third kappa shape index (κ3) is 3.46. The molecule has 2 nitrogen and oxygen atoms in total. The van der Waals surface area contributed by atoms with Crippen molar-refractivity contribution in [3.63, 3.8) is 0 Å². The first-order valence-corrected chi connectivity index (χ1v) is 5.12. The van der Waals surface area contributed by atoms with Crippen molar-refractivity contribution in [1.82, 2.24) is 10.3 Å². The molecule has 0 aliphatic heterocycles. The van der Waals surface area contributed by atoms with E-state index in [2.05, 4.69) is 44.1 Å². The van der Waals surface area contributed by atoms with Crippen LogP contribution in [0, 0.1) is 5.41 Å². The zero-order valence-corrected chi connectivity index (χ0v) is 9.54. The van der Waals surface area contributed by atoms with Crippen LogP contribution < -0.4 is 5.32 Å². The highest BCUT2D eigenvalue weighted by molar-refractivity contribution is 5.08. The summed E-state index contributed by atoms with van der Waals surface area (Å²) in [6.45, 7) is 9.85. The molecule has 0 radical (unpaired) electrons. The van der Waals surface area contributed by atoms with Gasteiger partial charge in [0.25, 0.3) is 0 Å². The summed E-state index contributed by atoms with van der Waals surface area (Å²) in [7, 11) is 0. The number of hydrogen-bond donors (Lipinski definition) is 1. The molecular formula is C12H20N2. The minimum absolute atomic E-state index is 0.308. The normalized spacial score (nSPS) is 14.0. The van der Waals surface area contributed by atoms with Gasteiger partial charge in [0.1, 0.15) is 0 Å². The van der Waals surface area contributed by atoms with Gasteiger partial charge in [-0.3, -0.25) is 4.98 Å². The van der Waals surface area contributed by atoms with Gasteiger partial charge >= 0.3 is 0 Å². The van der Waals surface area contributed by atoms with Gasteiger partial charge in [-0.25, -0.2) is 0 Å². The lowest BCUT2D eigenvalue weighted by atomic mass is 9.88. The van der Waals surface area contributed by atoms with Gasteiger partial charge in [0, 0.05) is 25.0 Å². The Morgan fingerprint density at radius 1 is 1.43 bits per heavy atom. The lowest BCUT2D eigenvalue weighted by Gasteiger charge is -2.28. The van der Waals surface area contributed by atoms with Crippen LogP contribution in [0.5, 0.6) is 0 Å². The van der Waals surface area contributed by atoms with E-state index in [0.717, 1.165) is 6.54 Å². The van der Waals surface area contributed by atoms with Crippen LogP contribution in [0.1, 0.15) is 33.3 Å². The summed E-state index contributed by atoms with van der Waals surface area (Å²) >= 11 is 0. The van der Waals surface area contributed by atoms with Crippen molar-refractivity contribution < 1.29 is 0 Å². The fraction of sp³-hybridized carbons (Fsp3) is 0.583. The van der Waals surface area contributed by atoms with E-state index in [1.807, 2.05) is 12.3 Å². The van der Waals surface area contributed by atoms with Crippen molar-refractivity contribution in [3.8, 4) is 0 Å². The number of hydrogen-bond acceptors (Lipinski definition) is 2. The molecule has 0 saturated heterocycles. The van der Waals surface area contributed by atoms with Crippen molar-refractivity contribution in [2.24, 2.45) is 5.41 Å². The minimum Gasteiger partial charge on any atom is -0.310 e. The van der Waals surface area contributed by atoms with Crippen molar-refractivity contribution >= 4 is 0 Å². The molecule has 1 aromatic heterocycles. The Labute approximate surface area is 86.8 Å². The maximum atomic E-state index is 4.08. The molecule has 0 aromatic carbocycles. The van der Waals surface area contributed by atoms with Gasteiger partial charge in [0.15, 0.2) is 0 Å². The van der Waals surface area contributed by atoms with Crippen LogP contribution in [0.25, 0.3) is 0 Å². The predicted octanol–water partition coefficient (Wildman–Crippen LogP) is 2.61. The monoisotopic (exact) mass is 192 g/mol. The second-order valence-electron chi connectivity index (χ2n) is 4.83. The van der Waals surface area contributed by atoms with Gasteiger partial charge in [0.05, 0.1) is 0 Å². The van der Waals surface area contributed by atoms with Gasteiger partial charge < -0.3 is 5.32 Å². The average molecular weight is 192 g/mol. The zero-order valence-electron chi connectivity index (χ0n) is 9.54. The molecule has 0 saturated carbocycles. The Hall–Kier alpha value is -0.890. The summed E-state index contributed by atoms with van der Waals surface area (Å²) in [6.07, 6.45) is 3.71. The van der Waals surface area contributed by atoms with E-state index in [0.29, 0.717) is 11.5 Å². The molecular weight excluding hydrogens is 172 g/mol. The van der Waals surface area contributed by atoms with Gasteiger partial charge in [-0.15, -0.1) is 0 Å². The fourth-order valence-electron chi connectivity index (χ4n) is 1.08. The minimum atomic E-state index is 0.308. The summed E-state index contributed by atoms with van der Waals surface area (Å²) < 4.78 is 0. The molecule has 1 heterocycles. The van der Waals surface area contributed by atoms with Crippen molar-refractivity contribution in [3.05, 3.63) is 30.1 Å². The molecule has 0 aliphatic rings. The van der Waals surface area contributed by atoms with Crippen molar-refractivity contribution in [1.29, 1.82) is 0 Å². The van der Waals surface area contributed by atoms with E-state index in [1.165, 1.54) is 5.56 Å². The molecule has 0 aliphatic carbocycles. The van der Waals surface area contributed by atoms with Crippen molar-refractivity contribution in [2.75, 3.05) is 0 Å². The van der Waals surface area contributed by atoms with E-state index in [9.17, 15) is 0 Å². The van der Waals surface area contributed by atoms with Crippen LogP contribution >= 0.6 is 0 Å². The predicted molar refractivity (Wildman–Crippen MR) is 60.0 cm³/mol. The van der Waals surface area contributed by atoms with Crippen LogP contribution in [0.4, 0.5) is 0 Å². The third-order valence-corrected chi connectivity index (χ3v) is 2.63. The van der Waals surface area contributed by atoms with Gasteiger partial charge in [-0.05, 0) is 24.0 Å². The van der Waals surface area contributed by atoms with Gasteiger partial charge in [0.2, 0.25) is 0 Å². The molecule has 78 valence electrons. The standard InChI is InChI=1S/C12H20N2/c1-10(12(2,3)4)14-9-11-6-5-7-13-8-11/h5-8,10,14H,9H2,1-4H3. The first-order chi connectivity index (χ1) is 6.50. The Kier molecular flexibility index (Phi) is 3.64. The molecule has 1 aromatic rings. The fourth-order valence-corrected chi connectivity index (χ4v) is 1.08. The van der Waals surface area contributed by atoms with E-state index in [1.54, 1.807) is 6.20 Å². The summed E-state index contributed by atoms with van der Waals surface area (Å²) in [5, 5.41) is 3.50. The number of nitrogens with zero attached hydrogens (tertiary/aromatic N) is 1. The van der Waals surface area contributed by atoms with Gasteiger partial charge in [-0.2, -0.15) is 0 Å². The number of rotatable bonds is 3. The van der Waals surface area contributed by atoms with Crippen molar-refractivity contribution in [2.45, 2.75) is 40.3 Å². The summed E-state index contributed by atoms with van der Waals surface area (Å²) in [5.74, 6) is 0. The second kappa shape index (κ2) is 4.56. The third-order valence-electron chi connectivity index (χ3n) is 2.63. The van der Waals surface area contributed by atoms with Gasteiger partial charge in [-0.1, -0.05) is 26.8 Å². The molecule has 1 atom stereocenters. The lowest BCUT2D eigenvalue weighted by molar-refractivity contribution is 0.285. The Morgan fingerprint density at radius 3 is 2.64 bits per heavy atom. The van der Waals surface area contributed by atoms with Crippen LogP contribution in [0.2, 0.25) is 0 Å². The van der Waals surface area contributed by atoms with Crippen LogP contribution in [0.15, 0.2) is 24.5 Å². The number of aromatic nitrogens is 1. The van der Waals surface area contributed by atoms with Crippen LogP contribution in [-0.2, 0) is 6.54 Å². The largest absolute Gasteiger partial charge is 0.310 e. The average Bonchev–Trinajstić information content (AvgIpc) is 2.14. The molecule has 1 N–H and O–H groups in total. The molecule has 2 heteroatoms. The SMILES string of the molecule is CC(NCc1cccnc1)C(C)(C)C. The first kappa shape index (κ1) is 11.2. The smallest absolute Gasteiger partial charge is 0.0312 e. The maximum absolute atomic E-state index is 4.08. The molecule has 1 rings (SSSR count). The second-order valence-corrected chi connectivity index (χ2v) is 4.83. The zero-order chi connectivity index (χ0) is 10.6. The maximum Gasteiger partial charge on any atom is 0.0312 e. The summed E-state index contributed by atoms with van der Waals surface area (Å²) in [5.41, 5.74) is 1.55. The van der Waals surface area contributed by atoms with E-state index in [-0.39, 0.29) is 0 Å². The summed E-state index contributed by atoms with van der Waals surface area (Å²) in [4.78, 5) is 4.08. The number of pyridine rings is 1. The molecule has 0 fully saturated rings. The Bertz CT molecular complexity index is 261. The van der Waals surface area contributed by atoms with E-state index in [4.69, 9.17) is 0 Å². The highest BCUT2D eigenvalue weighted by atomic mass is 14.9. The Morgan fingerprint density at radius 2 is 2.14 bits per heavy atom. The molecule has 0 amide bonds. The molecule has 0 spiro atoms. The molecule has 1 unspecified atom stereocenters. The van der Waals surface area contributed by atoms with E-state index >= 15 is 0 Å². The highest BCUT2D eigenvalue weighted by Crippen LogP contribution is 2.18. The van der Waals surface area contributed by atoms with Crippen LogP contribution in [0.3, 0.4) is 0 Å². The number of nitrogens with one attached hydrogen (secondary N) is 1. The quantitative estimate of drug-likeness (QED) is 0.796. The first-order valence-electron chi connectivity index (χ1n) is 5.12. The lowest BCUT2D eigenvalue weighted by Crippen LogP contribution is -2.37. The van der Waals surface area contributed by atoms with E-state index < -0.39 is 0 Å². The van der Waals surface area contributed by atoms with Crippen LogP contribution in [-0.4, -0.2) is 11.0 Å². The molecule has 14 heavy (non-hydrogen) atoms. The Balaban J connectivity index is 2.42.